The van der Waals surface area contributed by atoms with Gasteiger partial charge in [-0.25, -0.2) is 9.97 Å². The van der Waals surface area contributed by atoms with Gasteiger partial charge in [-0.1, -0.05) is 0 Å². The summed E-state index contributed by atoms with van der Waals surface area (Å²) in [5.74, 6) is 0.929. The van der Waals surface area contributed by atoms with Crippen LogP contribution in [0.3, 0.4) is 0 Å². The maximum Gasteiger partial charge on any atom is 0.222 e. The Hall–Kier alpha value is -2.89. The van der Waals surface area contributed by atoms with Crippen LogP contribution in [-0.2, 0) is 4.79 Å². The van der Waals surface area contributed by atoms with E-state index in [4.69, 9.17) is 5.73 Å². The molecule has 106 valence electrons. The lowest BCUT2D eigenvalue weighted by Gasteiger charge is -2.05. The molecule has 0 aliphatic heterocycles. The number of fused-ring (bicyclic) bond motifs is 1. The number of nitrogens with zero attached hydrogens (tertiary/aromatic N) is 3. The molecule has 0 aromatic carbocycles. The number of carbonyl (C=O) groups is 1. The highest BCUT2D eigenvalue weighted by molar-refractivity contribution is 5.87. The molecule has 0 saturated carbocycles. The molecule has 0 fully saturated rings. The van der Waals surface area contributed by atoms with Gasteiger partial charge in [0.15, 0.2) is 5.82 Å². The number of hydrogen-bond acceptors (Lipinski definition) is 4. The molecule has 0 unspecified atom stereocenters. The molecule has 3 rings (SSSR count). The topological polar surface area (TPSA) is 85.3 Å². The van der Waals surface area contributed by atoms with Crippen LogP contribution in [0.2, 0.25) is 0 Å². The lowest BCUT2D eigenvalue weighted by Crippen LogP contribution is -2.05. The van der Waals surface area contributed by atoms with Gasteiger partial charge in [-0.05, 0) is 30.7 Å². The van der Waals surface area contributed by atoms with Crippen molar-refractivity contribution in [2.45, 2.75) is 13.8 Å². The first kappa shape index (κ1) is 13.1. The Bertz CT molecular complexity index is 837. The molecule has 6 heteroatoms. The average Bonchev–Trinajstić information content (AvgIpc) is 2.82. The first-order valence-corrected chi connectivity index (χ1v) is 6.52. The van der Waals surface area contributed by atoms with E-state index in [0.29, 0.717) is 11.6 Å². The van der Waals surface area contributed by atoms with Crippen LogP contribution in [0.5, 0.6) is 0 Å². The lowest BCUT2D eigenvalue weighted by atomic mass is 10.1. The van der Waals surface area contributed by atoms with E-state index in [1.54, 1.807) is 12.4 Å². The van der Waals surface area contributed by atoms with Gasteiger partial charge in [0.1, 0.15) is 11.5 Å². The first-order chi connectivity index (χ1) is 10.0. The largest absolute Gasteiger partial charge is 0.383 e. The zero-order valence-corrected chi connectivity index (χ0v) is 11.8. The van der Waals surface area contributed by atoms with Crippen molar-refractivity contribution in [1.82, 2.24) is 14.4 Å². The van der Waals surface area contributed by atoms with Gasteiger partial charge in [0.25, 0.3) is 0 Å². The van der Waals surface area contributed by atoms with Crippen LogP contribution < -0.4 is 11.1 Å². The van der Waals surface area contributed by atoms with Crippen molar-refractivity contribution in [2.24, 2.45) is 0 Å². The number of carbonyl (C=O) groups excluding carboxylic acids is 1. The monoisotopic (exact) mass is 281 g/mol. The summed E-state index contributed by atoms with van der Waals surface area (Å²) in [7, 11) is 0. The fraction of sp³-hybridized carbons (Fsp3) is 0.133. The zero-order chi connectivity index (χ0) is 15.0. The summed E-state index contributed by atoms with van der Waals surface area (Å²) in [5, 5.41) is 2.67. The number of aromatic nitrogens is 3. The van der Waals surface area contributed by atoms with Crippen LogP contribution in [0.1, 0.15) is 12.5 Å². The fourth-order valence-electron chi connectivity index (χ4n) is 2.15. The van der Waals surface area contributed by atoms with Crippen LogP contribution in [0.25, 0.3) is 16.8 Å². The molecule has 3 heterocycles. The summed E-state index contributed by atoms with van der Waals surface area (Å²) >= 11 is 0. The number of nitrogens with one attached hydrogen (secondary N) is 1. The molecule has 3 aromatic heterocycles. The van der Waals surface area contributed by atoms with Gasteiger partial charge < -0.3 is 15.5 Å². The second-order valence-corrected chi connectivity index (χ2v) is 4.92. The number of pyridine rings is 2. The normalized spacial score (nSPS) is 10.8. The standard InChI is InChI=1S/C15H15N5O/c1-9-5-12(6-17-15(9)16)11-3-4-14-19-13(18-10(2)21)8-20(14)7-11/h3-8H,1-2H3,(H2,16,17)(H,18,21). The smallest absolute Gasteiger partial charge is 0.222 e. The maximum atomic E-state index is 11.1. The Kier molecular flexibility index (Phi) is 3.06. The fourth-order valence-corrected chi connectivity index (χ4v) is 2.15. The van der Waals surface area contributed by atoms with E-state index < -0.39 is 0 Å². The number of rotatable bonds is 2. The Morgan fingerprint density at radius 2 is 2.10 bits per heavy atom. The minimum absolute atomic E-state index is 0.142. The summed E-state index contributed by atoms with van der Waals surface area (Å²) in [4.78, 5) is 19.6. The third-order valence-electron chi connectivity index (χ3n) is 3.21. The number of imidazole rings is 1. The van der Waals surface area contributed by atoms with E-state index in [0.717, 1.165) is 22.3 Å². The van der Waals surface area contributed by atoms with E-state index in [-0.39, 0.29) is 5.91 Å². The quantitative estimate of drug-likeness (QED) is 0.754. The predicted octanol–water partition coefficient (Wildman–Crippen LogP) is 2.25. The summed E-state index contributed by atoms with van der Waals surface area (Å²) in [6, 6.07) is 5.86. The number of amides is 1. The minimum atomic E-state index is -0.142. The van der Waals surface area contributed by atoms with Gasteiger partial charge in [0.2, 0.25) is 5.91 Å². The molecular weight excluding hydrogens is 266 g/mol. The Balaban J connectivity index is 2.03. The Morgan fingerprint density at radius 1 is 1.29 bits per heavy atom. The Labute approximate surface area is 121 Å². The van der Waals surface area contributed by atoms with Gasteiger partial charge in [-0.2, -0.15) is 0 Å². The zero-order valence-electron chi connectivity index (χ0n) is 11.8. The van der Waals surface area contributed by atoms with E-state index in [1.165, 1.54) is 6.92 Å². The van der Waals surface area contributed by atoms with Crippen molar-refractivity contribution in [1.29, 1.82) is 0 Å². The molecule has 0 saturated heterocycles. The molecule has 3 aromatic rings. The van der Waals surface area contributed by atoms with Gasteiger partial charge in [-0.3, -0.25) is 4.79 Å². The van der Waals surface area contributed by atoms with Crippen LogP contribution in [0.4, 0.5) is 11.6 Å². The van der Waals surface area contributed by atoms with Crippen molar-refractivity contribution in [3.8, 4) is 11.1 Å². The maximum absolute atomic E-state index is 11.1. The molecule has 0 spiro atoms. The highest BCUT2D eigenvalue weighted by atomic mass is 16.1. The van der Waals surface area contributed by atoms with Gasteiger partial charge in [-0.15, -0.1) is 0 Å². The second-order valence-electron chi connectivity index (χ2n) is 4.92. The molecule has 0 radical (unpaired) electrons. The van der Waals surface area contributed by atoms with Crippen molar-refractivity contribution >= 4 is 23.2 Å². The second kappa shape index (κ2) is 4.90. The molecule has 6 nitrogen and oxygen atoms in total. The number of nitrogens with two attached hydrogens (primary N) is 1. The predicted molar refractivity (Wildman–Crippen MR) is 81.9 cm³/mol. The Morgan fingerprint density at radius 3 is 2.81 bits per heavy atom. The highest BCUT2D eigenvalue weighted by Gasteiger charge is 2.06. The van der Waals surface area contributed by atoms with Crippen molar-refractivity contribution in [3.05, 3.63) is 42.4 Å². The molecule has 0 atom stereocenters. The molecule has 0 aliphatic rings. The summed E-state index contributed by atoms with van der Waals surface area (Å²) in [5.41, 5.74) is 9.44. The number of nitrogen functional groups attached to an aromatic ring is 1. The van der Waals surface area contributed by atoms with Crippen molar-refractivity contribution in [2.75, 3.05) is 11.1 Å². The third kappa shape index (κ3) is 2.55. The molecule has 3 N–H and O–H groups in total. The van der Waals surface area contributed by atoms with Crippen molar-refractivity contribution in [3.63, 3.8) is 0 Å². The van der Waals surface area contributed by atoms with Gasteiger partial charge in [0.05, 0.1) is 6.20 Å². The number of aryl methyl sites for hydroxylation is 1. The molecule has 0 aliphatic carbocycles. The van der Waals surface area contributed by atoms with E-state index >= 15 is 0 Å². The van der Waals surface area contributed by atoms with Crippen LogP contribution in [-0.4, -0.2) is 20.3 Å². The summed E-state index contributed by atoms with van der Waals surface area (Å²) in [6.07, 6.45) is 5.47. The highest BCUT2D eigenvalue weighted by Crippen LogP contribution is 2.22. The van der Waals surface area contributed by atoms with E-state index in [1.807, 2.05) is 35.7 Å². The first-order valence-electron chi connectivity index (χ1n) is 6.52. The lowest BCUT2D eigenvalue weighted by molar-refractivity contribution is -0.114. The van der Waals surface area contributed by atoms with Crippen molar-refractivity contribution < 1.29 is 4.79 Å². The van der Waals surface area contributed by atoms with Crippen LogP contribution >= 0.6 is 0 Å². The average molecular weight is 281 g/mol. The van der Waals surface area contributed by atoms with E-state index in [9.17, 15) is 4.79 Å². The molecular formula is C15H15N5O. The summed E-state index contributed by atoms with van der Waals surface area (Å²) in [6.45, 7) is 3.38. The number of hydrogen-bond donors (Lipinski definition) is 2. The molecule has 21 heavy (non-hydrogen) atoms. The summed E-state index contributed by atoms with van der Waals surface area (Å²) < 4.78 is 1.87. The van der Waals surface area contributed by atoms with Crippen LogP contribution in [0.15, 0.2) is 36.8 Å². The minimum Gasteiger partial charge on any atom is -0.383 e. The van der Waals surface area contributed by atoms with Crippen LogP contribution in [0, 0.1) is 6.92 Å². The molecule has 0 bridgehead atoms. The third-order valence-corrected chi connectivity index (χ3v) is 3.21. The number of anilines is 2. The van der Waals surface area contributed by atoms with Gasteiger partial charge in [0, 0.05) is 30.4 Å². The van der Waals surface area contributed by atoms with E-state index in [2.05, 4.69) is 15.3 Å². The van der Waals surface area contributed by atoms with Gasteiger partial charge >= 0.3 is 0 Å². The SMILES string of the molecule is CC(=O)Nc1cn2cc(-c3cnc(N)c(C)c3)ccc2n1. The molecule has 1 amide bonds.